The first-order chi connectivity index (χ1) is 17.5. The summed E-state index contributed by atoms with van der Waals surface area (Å²) in [5, 5.41) is 15.7. The van der Waals surface area contributed by atoms with E-state index >= 15 is 0 Å². The Labute approximate surface area is 211 Å². The average molecular weight is 510 g/mol. The van der Waals surface area contributed by atoms with Gasteiger partial charge in [0.15, 0.2) is 5.82 Å². The number of carbonyl (C=O) groups is 1. The van der Waals surface area contributed by atoms with Gasteiger partial charge in [0.25, 0.3) is 0 Å². The summed E-state index contributed by atoms with van der Waals surface area (Å²) in [5.74, 6) is -1.31. The third-order valence-electron chi connectivity index (χ3n) is 6.16. The third-order valence-corrected chi connectivity index (χ3v) is 6.45. The van der Waals surface area contributed by atoms with Gasteiger partial charge < -0.3 is 20.7 Å². The number of hydrogen-bond acceptors (Lipinski definition) is 7. The normalized spacial score (nSPS) is 16.3. The van der Waals surface area contributed by atoms with Crippen molar-refractivity contribution >= 4 is 34.3 Å². The first-order valence-electron chi connectivity index (χ1n) is 11.6. The van der Waals surface area contributed by atoms with Crippen molar-refractivity contribution in [3.8, 4) is 22.6 Å². The highest BCUT2D eigenvalue weighted by atomic mass is 35.5. The molecule has 3 aromatic heterocycles. The Morgan fingerprint density at radius 3 is 3.00 bits per heavy atom. The molecule has 36 heavy (non-hydrogen) atoms. The van der Waals surface area contributed by atoms with E-state index in [1.165, 1.54) is 12.4 Å². The smallest absolute Gasteiger partial charge is 0.304 e. The lowest BCUT2D eigenvalue weighted by molar-refractivity contribution is -0.137. The molecule has 0 spiro atoms. The van der Waals surface area contributed by atoms with E-state index in [9.17, 15) is 9.18 Å². The lowest BCUT2D eigenvalue weighted by Crippen LogP contribution is -2.52. The van der Waals surface area contributed by atoms with Gasteiger partial charge in [0, 0.05) is 44.3 Å². The second-order valence-corrected chi connectivity index (χ2v) is 9.07. The van der Waals surface area contributed by atoms with Crippen LogP contribution in [0.25, 0.3) is 33.7 Å². The number of imidazole rings is 1. The van der Waals surface area contributed by atoms with Gasteiger partial charge in [-0.05, 0) is 30.3 Å². The fourth-order valence-electron chi connectivity index (χ4n) is 4.43. The zero-order chi connectivity index (χ0) is 25.1. The van der Waals surface area contributed by atoms with Crippen LogP contribution < -0.4 is 10.6 Å². The van der Waals surface area contributed by atoms with Gasteiger partial charge in [-0.15, -0.1) is 0 Å². The van der Waals surface area contributed by atoms with Crippen LogP contribution in [0, 0.1) is 5.82 Å². The lowest BCUT2D eigenvalue weighted by atomic mass is 10.1. The maximum absolute atomic E-state index is 14.6. The molecule has 186 valence electrons. The van der Waals surface area contributed by atoms with Crippen LogP contribution in [0.1, 0.15) is 6.42 Å². The topological polar surface area (TPSA) is 119 Å². The molecule has 0 aliphatic carbocycles. The largest absolute Gasteiger partial charge is 0.481 e. The fourth-order valence-corrected chi connectivity index (χ4v) is 4.60. The minimum Gasteiger partial charge on any atom is -0.481 e. The van der Waals surface area contributed by atoms with E-state index in [2.05, 4.69) is 30.5 Å². The van der Waals surface area contributed by atoms with Crippen molar-refractivity contribution in [2.24, 2.45) is 0 Å². The molecule has 1 fully saturated rings. The van der Waals surface area contributed by atoms with Crippen molar-refractivity contribution in [3.05, 3.63) is 59.8 Å². The Bertz CT molecular complexity index is 1400. The molecule has 1 aliphatic heterocycles. The summed E-state index contributed by atoms with van der Waals surface area (Å²) in [6.07, 6.45) is 3.38. The number of carboxylic acids is 1. The molecule has 4 heterocycles. The molecule has 0 amide bonds. The summed E-state index contributed by atoms with van der Waals surface area (Å²) in [6.45, 7) is 3.82. The number of rotatable bonds is 8. The summed E-state index contributed by atoms with van der Waals surface area (Å²) in [4.78, 5) is 29.8. The SMILES string of the molecule is O=C(O)CC1CN(CCNc2cnc3ccc(-c4nc[nH]c4-c4cccc(Cl)c4F)nc3c2)CCN1. The quantitative estimate of drug-likeness (QED) is 0.284. The predicted molar refractivity (Wildman–Crippen MR) is 136 cm³/mol. The summed E-state index contributed by atoms with van der Waals surface area (Å²) in [6, 6.07) is 10.4. The van der Waals surface area contributed by atoms with E-state index in [-0.39, 0.29) is 17.5 Å². The molecule has 9 nitrogen and oxygen atoms in total. The van der Waals surface area contributed by atoms with Gasteiger partial charge >= 0.3 is 5.97 Å². The average Bonchev–Trinajstić information content (AvgIpc) is 3.35. The van der Waals surface area contributed by atoms with Crippen LogP contribution in [0.4, 0.5) is 10.1 Å². The molecule has 4 aromatic rings. The molecule has 1 saturated heterocycles. The number of nitrogens with zero attached hydrogens (tertiary/aromatic N) is 4. The number of halogens is 2. The van der Waals surface area contributed by atoms with E-state index in [0.717, 1.165) is 30.8 Å². The Morgan fingerprint density at radius 1 is 1.25 bits per heavy atom. The van der Waals surface area contributed by atoms with Crippen molar-refractivity contribution in [2.45, 2.75) is 12.5 Å². The van der Waals surface area contributed by atoms with Crippen LogP contribution in [-0.4, -0.2) is 74.7 Å². The van der Waals surface area contributed by atoms with Gasteiger partial charge in [0.2, 0.25) is 0 Å². The highest BCUT2D eigenvalue weighted by molar-refractivity contribution is 6.31. The van der Waals surface area contributed by atoms with Crippen LogP contribution >= 0.6 is 11.6 Å². The molecule has 0 bridgehead atoms. The first kappa shape index (κ1) is 24.1. The number of aromatic nitrogens is 4. The van der Waals surface area contributed by atoms with E-state index in [0.29, 0.717) is 41.3 Å². The number of pyridine rings is 2. The summed E-state index contributed by atoms with van der Waals surface area (Å²) >= 11 is 5.97. The van der Waals surface area contributed by atoms with E-state index in [4.69, 9.17) is 21.7 Å². The molecule has 4 N–H and O–H groups in total. The number of carboxylic acid groups (broad SMARTS) is 1. The molecule has 11 heteroatoms. The molecule has 1 atom stereocenters. The number of piperazine rings is 1. The minimum atomic E-state index is -0.791. The monoisotopic (exact) mass is 509 g/mol. The number of anilines is 1. The van der Waals surface area contributed by atoms with E-state index in [1.807, 2.05) is 18.2 Å². The standard InChI is InChI=1S/C25H25ClFN7O2/c26-18-3-1-2-17(23(18)27)24-25(32-14-31-24)20-5-4-19-21(33-20)10-15(12-30-19)28-6-8-34-9-7-29-16(13-34)11-22(35)36/h1-5,10,12,14,16,28-29H,6-9,11,13H2,(H,31,32)(H,35,36). The van der Waals surface area contributed by atoms with Crippen LogP contribution in [0.3, 0.4) is 0 Å². The summed E-state index contributed by atoms with van der Waals surface area (Å²) in [5.41, 5.74) is 4.17. The van der Waals surface area contributed by atoms with Gasteiger partial charge in [-0.1, -0.05) is 17.7 Å². The molecule has 0 saturated carbocycles. The number of aromatic amines is 1. The number of benzene rings is 1. The Kier molecular flexibility index (Phi) is 7.08. The molecule has 1 unspecified atom stereocenters. The highest BCUT2D eigenvalue weighted by Crippen LogP contribution is 2.33. The van der Waals surface area contributed by atoms with Crippen molar-refractivity contribution in [2.75, 3.05) is 38.0 Å². The Hall–Kier alpha value is -3.60. The molecular formula is C25H25ClFN7O2. The van der Waals surface area contributed by atoms with E-state index in [1.54, 1.807) is 18.3 Å². The zero-order valence-corrected chi connectivity index (χ0v) is 20.1. The van der Waals surface area contributed by atoms with Crippen molar-refractivity contribution in [1.29, 1.82) is 0 Å². The van der Waals surface area contributed by atoms with Crippen molar-refractivity contribution < 1.29 is 14.3 Å². The number of H-pyrrole nitrogens is 1. The number of aliphatic carboxylic acids is 1. The van der Waals surface area contributed by atoms with Crippen LogP contribution in [0.5, 0.6) is 0 Å². The fraction of sp³-hybridized carbons (Fsp3) is 0.280. The van der Waals surface area contributed by atoms with Gasteiger partial charge in [0.1, 0.15) is 5.69 Å². The Morgan fingerprint density at radius 2 is 2.14 bits per heavy atom. The van der Waals surface area contributed by atoms with Crippen molar-refractivity contribution in [1.82, 2.24) is 30.2 Å². The van der Waals surface area contributed by atoms with Gasteiger partial charge in [-0.25, -0.2) is 14.4 Å². The van der Waals surface area contributed by atoms with Gasteiger partial charge in [-0.3, -0.25) is 14.7 Å². The van der Waals surface area contributed by atoms with Crippen molar-refractivity contribution in [3.63, 3.8) is 0 Å². The maximum Gasteiger partial charge on any atom is 0.304 e. The first-order valence-corrected chi connectivity index (χ1v) is 12.0. The molecule has 5 rings (SSSR count). The number of fused-ring (bicyclic) bond motifs is 1. The second-order valence-electron chi connectivity index (χ2n) is 8.66. The number of nitrogens with one attached hydrogen (secondary N) is 3. The Balaban J connectivity index is 1.30. The predicted octanol–water partition coefficient (Wildman–Crippen LogP) is 3.64. The maximum atomic E-state index is 14.6. The van der Waals surface area contributed by atoms with Crippen LogP contribution in [0.15, 0.2) is 48.9 Å². The summed E-state index contributed by atoms with van der Waals surface area (Å²) in [7, 11) is 0. The highest BCUT2D eigenvalue weighted by Gasteiger charge is 2.21. The van der Waals surface area contributed by atoms with E-state index < -0.39 is 11.8 Å². The van der Waals surface area contributed by atoms with Gasteiger partial charge in [0.05, 0.1) is 52.1 Å². The minimum absolute atomic E-state index is 0.0338. The lowest BCUT2D eigenvalue weighted by Gasteiger charge is -2.33. The van der Waals surface area contributed by atoms with Crippen LogP contribution in [0.2, 0.25) is 5.02 Å². The molecular weight excluding hydrogens is 485 g/mol. The summed E-state index contributed by atoms with van der Waals surface area (Å²) < 4.78 is 14.6. The zero-order valence-electron chi connectivity index (χ0n) is 19.3. The molecule has 1 aliphatic rings. The molecule has 0 radical (unpaired) electrons. The van der Waals surface area contributed by atoms with Crippen LogP contribution in [-0.2, 0) is 4.79 Å². The third kappa shape index (κ3) is 5.30. The molecule has 1 aromatic carbocycles. The second kappa shape index (κ2) is 10.6. The van der Waals surface area contributed by atoms with Gasteiger partial charge in [-0.2, -0.15) is 0 Å². The number of hydrogen-bond donors (Lipinski definition) is 4.